The molecule has 11 heavy (non-hydrogen) atoms. The van der Waals surface area contributed by atoms with E-state index in [1.807, 2.05) is 0 Å². The van der Waals surface area contributed by atoms with Crippen LogP contribution in [-0.2, 0) is 9.59 Å². The topological polar surface area (TPSA) is 74.6 Å². The molecule has 0 aromatic rings. The summed E-state index contributed by atoms with van der Waals surface area (Å²) < 4.78 is 0. The summed E-state index contributed by atoms with van der Waals surface area (Å²) in [6, 6.07) is 0. The third kappa shape index (κ3) is 5.54. The quantitative estimate of drug-likeness (QED) is 0.602. The van der Waals surface area contributed by atoms with Crippen molar-refractivity contribution in [3.63, 3.8) is 0 Å². The summed E-state index contributed by atoms with van der Waals surface area (Å²) in [6.07, 6.45) is -0.406. The standard InChI is InChI=1S/C7H12O4/c1-5(8)6(9)3-2-4-7(10)11/h6,9H,2-4H2,1H3,(H,10,11)/t6-/m1/s1. The van der Waals surface area contributed by atoms with Crippen molar-refractivity contribution in [1.82, 2.24) is 0 Å². The lowest BCUT2D eigenvalue weighted by Gasteiger charge is -2.03. The number of aliphatic carboxylic acids is 1. The van der Waals surface area contributed by atoms with Crippen molar-refractivity contribution in [2.45, 2.75) is 32.3 Å². The molecule has 0 aromatic carbocycles. The van der Waals surface area contributed by atoms with E-state index in [-0.39, 0.29) is 18.6 Å². The highest BCUT2D eigenvalue weighted by Gasteiger charge is 2.09. The van der Waals surface area contributed by atoms with Gasteiger partial charge in [0.15, 0.2) is 5.78 Å². The summed E-state index contributed by atoms with van der Waals surface area (Å²) in [4.78, 5) is 20.4. The fourth-order valence-electron chi connectivity index (χ4n) is 0.650. The molecule has 1 atom stereocenters. The van der Waals surface area contributed by atoms with Crippen LogP contribution < -0.4 is 0 Å². The van der Waals surface area contributed by atoms with Crippen molar-refractivity contribution < 1.29 is 19.8 Å². The van der Waals surface area contributed by atoms with Crippen LogP contribution in [0.2, 0.25) is 0 Å². The Hall–Kier alpha value is -0.900. The first-order chi connectivity index (χ1) is 5.04. The van der Waals surface area contributed by atoms with Gasteiger partial charge in [0.2, 0.25) is 0 Å². The Balaban J connectivity index is 3.39. The normalized spacial score (nSPS) is 12.5. The highest BCUT2D eigenvalue weighted by molar-refractivity contribution is 5.80. The Kier molecular flexibility index (Phi) is 4.45. The summed E-state index contributed by atoms with van der Waals surface area (Å²) in [7, 11) is 0. The molecular weight excluding hydrogens is 148 g/mol. The highest BCUT2D eigenvalue weighted by Crippen LogP contribution is 2.01. The van der Waals surface area contributed by atoms with Gasteiger partial charge in [-0.15, -0.1) is 0 Å². The smallest absolute Gasteiger partial charge is 0.303 e. The molecule has 0 radical (unpaired) electrons. The maximum atomic E-state index is 10.4. The van der Waals surface area contributed by atoms with Crippen LogP contribution in [-0.4, -0.2) is 28.1 Å². The molecule has 0 bridgehead atoms. The second-order valence-electron chi connectivity index (χ2n) is 2.41. The van der Waals surface area contributed by atoms with Crippen LogP contribution in [0.3, 0.4) is 0 Å². The molecule has 0 aliphatic heterocycles. The number of Topliss-reactive ketones (excluding diaryl/α,β-unsaturated/α-hetero) is 1. The number of hydrogen-bond acceptors (Lipinski definition) is 3. The van der Waals surface area contributed by atoms with Gasteiger partial charge in [0.25, 0.3) is 0 Å². The van der Waals surface area contributed by atoms with Gasteiger partial charge in [-0.1, -0.05) is 0 Å². The summed E-state index contributed by atoms with van der Waals surface area (Å²) >= 11 is 0. The molecule has 0 saturated heterocycles. The molecule has 0 amide bonds. The van der Waals surface area contributed by atoms with Gasteiger partial charge in [0, 0.05) is 6.42 Å². The van der Waals surface area contributed by atoms with Gasteiger partial charge in [-0.3, -0.25) is 9.59 Å². The van der Waals surface area contributed by atoms with Gasteiger partial charge in [-0.25, -0.2) is 0 Å². The third-order valence-corrected chi connectivity index (χ3v) is 1.34. The van der Waals surface area contributed by atoms with Crippen molar-refractivity contribution in [1.29, 1.82) is 0 Å². The predicted octanol–water partition coefficient (Wildman–Crippen LogP) is 0.191. The summed E-state index contributed by atoms with van der Waals surface area (Å²) in [5, 5.41) is 17.1. The number of carboxylic acid groups (broad SMARTS) is 1. The number of ketones is 1. The fourth-order valence-corrected chi connectivity index (χ4v) is 0.650. The van der Waals surface area contributed by atoms with Gasteiger partial charge in [-0.2, -0.15) is 0 Å². The number of aliphatic hydroxyl groups is 1. The number of rotatable bonds is 5. The molecule has 0 unspecified atom stereocenters. The molecule has 0 fully saturated rings. The summed E-state index contributed by atoms with van der Waals surface area (Å²) in [5.41, 5.74) is 0. The van der Waals surface area contributed by atoms with E-state index in [0.29, 0.717) is 6.42 Å². The van der Waals surface area contributed by atoms with Crippen molar-refractivity contribution in [2.24, 2.45) is 0 Å². The molecule has 0 heterocycles. The number of aliphatic hydroxyl groups excluding tert-OH is 1. The Morgan fingerprint density at radius 3 is 2.36 bits per heavy atom. The molecular formula is C7H12O4. The van der Waals surface area contributed by atoms with E-state index in [2.05, 4.69) is 0 Å². The Labute approximate surface area is 64.8 Å². The zero-order valence-corrected chi connectivity index (χ0v) is 6.41. The number of carboxylic acids is 1. The third-order valence-electron chi connectivity index (χ3n) is 1.34. The first-order valence-electron chi connectivity index (χ1n) is 3.44. The minimum Gasteiger partial charge on any atom is -0.481 e. The summed E-state index contributed by atoms with van der Waals surface area (Å²) in [6.45, 7) is 1.28. The average molecular weight is 160 g/mol. The van der Waals surface area contributed by atoms with Crippen LogP contribution in [0.25, 0.3) is 0 Å². The molecule has 0 rings (SSSR count). The van der Waals surface area contributed by atoms with E-state index in [1.165, 1.54) is 6.92 Å². The Bertz CT molecular complexity index is 153. The van der Waals surface area contributed by atoms with Crippen LogP contribution >= 0.6 is 0 Å². The maximum absolute atomic E-state index is 10.4. The second-order valence-corrected chi connectivity index (χ2v) is 2.41. The summed E-state index contributed by atoms with van der Waals surface area (Å²) in [5.74, 6) is -1.21. The first-order valence-corrected chi connectivity index (χ1v) is 3.44. The SMILES string of the molecule is CC(=O)[C@H](O)CCCC(=O)O. The minimum atomic E-state index is -0.991. The van der Waals surface area contributed by atoms with E-state index in [4.69, 9.17) is 10.2 Å². The van der Waals surface area contributed by atoms with Gasteiger partial charge in [0.1, 0.15) is 6.10 Å². The van der Waals surface area contributed by atoms with E-state index in [0.717, 1.165) is 0 Å². The van der Waals surface area contributed by atoms with Gasteiger partial charge in [-0.05, 0) is 19.8 Å². The van der Waals surface area contributed by atoms with Gasteiger partial charge in [0.05, 0.1) is 0 Å². The maximum Gasteiger partial charge on any atom is 0.303 e. The fraction of sp³-hybridized carbons (Fsp3) is 0.714. The predicted molar refractivity (Wildman–Crippen MR) is 38.2 cm³/mol. The zero-order chi connectivity index (χ0) is 8.85. The van der Waals surface area contributed by atoms with Gasteiger partial charge < -0.3 is 10.2 Å². The first kappa shape index (κ1) is 10.1. The highest BCUT2D eigenvalue weighted by atomic mass is 16.4. The van der Waals surface area contributed by atoms with Crippen molar-refractivity contribution in [3.8, 4) is 0 Å². The van der Waals surface area contributed by atoms with E-state index in [9.17, 15) is 9.59 Å². The molecule has 0 spiro atoms. The number of carbonyl (C=O) groups is 2. The molecule has 0 aliphatic rings. The molecule has 64 valence electrons. The van der Waals surface area contributed by atoms with E-state index >= 15 is 0 Å². The Morgan fingerprint density at radius 1 is 1.45 bits per heavy atom. The molecule has 2 N–H and O–H groups in total. The van der Waals surface area contributed by atoms with Gasteiger partial charge >= 0.3 is 5.97 Å². The number of hydrogen-bond donors (Lipinski definition) is 2. The minimum absolute atomic E-state index is 0.00431. The van der Waals surface area contributed by atoms with Crippen LogP contribution in [0.1, 0.15) is 26.2 Å². The number of carbonyl (C=O) groups excluding carboxylic acids is 1. The molecule has 4 heteroatoms. The molecule has 0 aliphatic carbocycles. The van der Waals surface area contributed by atoms with Crippen molar-refractivity contribution in [2.75, 3.05) is 0 Å². The average Bonchev–Trinajstić information content (AvgIpc) is 1.86. The Morgan fingerprint density at radius 2 is 2.00 bits per heavy atom. The largest absolute Gasteiger partial charge is 0.481 e. The molecule has 0 saturated carbocycles. The van der Waals surface area contributed by atoms with E-state index < -0.39 is 12.1 Å². The van der Waals surface area contributed by atoms with Crippen LogP contribution in [0.4, 0.5) is 0 Å². The second kappa shape index (κ2) is 4.85. The lowest BCUT2D eigenvalue weighted by atomic mass is 10.1. The lowest BCUT2D eigenvalue weighted by Crippen LogP contribution is -2.16. The lowest BCUT2D eigenvalue weighted by molar-refractivity contribution is -0.137. The zero-order valence-electron chi connectivity index (χ0n) is 6.41. The van der Waals surface area contributed by atoms with Crippen LogP contribution in [0.15, 0.2) is 0 Å². The van der Waals surface area contributed by atoms with Crippen molar-refractivity contribution in [3.05, 3.63) is 0 Å². The monoisotopic (exact) mass is 160 g/mol. The van der Waals surface area contributed by atoms with Crippen LogP contribution in [0.5, 0.6) is 0 Å². The molecule has 0 aromatic heterocycles. The van der Waals surface area contributed by atoms with E-state index in [1.54, 1.807) is 0 Å². The molecule has 4 nitrogen and oxygen atoms in total. The van der Waals surface area contributed by atoms with Crippen molar-refractivity contribution >= 4 is 11.8 Å². The van der Waals surface area contributed by atoms with Crippen LogP contribution in [0, 0.1) is 0 Å².